The summed E-state index contributed by atoms with van der Waals surface area (Å²) in [6.07, 6.45) is 5.64. The topological polar surface area (TPSA) is 304 Å². The third-order valence-electron chi connectivity index (χ3n) is 11.7. The number of aromatic nitrogens is 2. The van der Waals surface area contributed by atoms with Crippen molar-refractivity contribution in [3.8, 4) is 5.75 Å². The Hall–Kier alpha value is -6.34. The largest absolute Gasteiger partial charge is 0.508 e. The number of aliphatic carboxylic acids is 1. The maximum absolute atomic E-state index is 14.5. The van der Waals surface area contributed by atoms with Gasteiger partial charge in [0.05, 0.1) is 12.4 Å². The van der Waals surface area contributed by atoms with Gasteiger partial charge in [0.1, 0.15) is 42.0 Å². The van der Waals surface area contributed by atoms with E-state index in [1.165, 1.54) is 29.6 Å². The Balaban J connectivity index is 1.56. The molecule has 0 unspecified atom stereocenters. The zero-order chi connectivity index (χ0) is 47.6. The first-order valence-corrected chi connectivity index (χ1v) is 22.3. The SMILES string of the molecule is CC[C@H](C)[C@H](NC(=O)[C@H](Cc1ccc(O)cc1)NC(=O)[C@@H](NC(=O)[C@H](N)CCCCN)C(C)C)C(=O)N[C@@H](Cc1cnc[nH]1)C(=O)N1CCC[C@H]1C(=O)N[C@@H](Cc1ccccc1)C(=O)O. The van der Waals surface area contributed by atoms with Gasteiger partial charge in [0.25, 0.3) is 0 Å². The van der Waals surface area contributed by atoms with Gasteiger partial charge in [-0.3, -0.25) is 28.8 Å². The second-order valence-electron chi connectivity index (χ2n) is 17.0. The van der Waals surface area contributed by atoms with Crippen molar-refractivity contribution in [1.82, 2.24) is 41.5 Å². The Kier molecular flexibility index (Phi) is 19.9. The van der Waals surface area contributed by atoms with E-state index in [0.29, 0.717) is 55.5 Å². The zero-order valence-electron chi connectivity index (χ0n) is 37.6. The summed E-state index contributed by atoms with van der Waals surface area (Å²) in [6, 6.07) is 6.93. The van der Waals surface area contributed by atoms with Crippen LogP contribution in [0.1, 0.15) is 83.0 Å². The summed E-state index contributed by atoms with van der Waals surface area (Å²) in [7, 11) is 0. The van der Waals surface area contributed by atoms with E-state index in [1.807, 2.05) is 6.92 Å². The molecule has 1 aliphatic rings. The molecule has 4 rings (SSSR count). The predicted molar refractivity (Wildman–Crippen MR) is 241 cm³/mol. The fraction of sp³-hybridized carbons (Fsp3) is 0.522. The molecule has 2 heterocycles. The monoisotopic (exact) mass is 903 g/mol. The number of carboxylic acids is 1. The number of amides is 6. The summed E-state index contributed by atoms with van der Waals surface area (Å²) in [5.74, 6) is -5.98. The van der Waals surface area contributed by atoms with Crippen LogP contribution >= 0.6 is 0 Å². The summed E-state index contributed by atoms with van der Waals surface area (Å²) in [5, 5.41) is 33.6. The smallest absolute Gasteiger partial charge is 0.326 e. The highest BCUT2D eigenvalue weighted by Crippen LogP contribution is 2.21. The van der Waals surface area contributed by atoms with E-state index in [0.717, 1.165) is 0 Å². The van der Waals surface area contributed by atoms with Gasteiger partial charge in [0, 0.05) is 37.7 Å². The van der Waals surface area contributed by atoms with Crippen molar-refractivity contribution < 1.29 is 43.8 Å². The van der Waals surface area contributed by atoms with Crippen LogP contribution in [0.3, 0.4) is 0 Å². The number of likely N-dealkylation sites (tertiary alicyclic amines) is 1. The van der Waals surface area contributed by atoms with Crippen LogP contribution in [0.4, 0.5) is 0 Å². The molecule has 19 nitrogen and oxygen atoms in total. The lowest BCUT2D eigenvalue weighted by atomic mass is 9.96. The molecule has 0 bridgehead atoms. The van der Waals surface area contributed by atoms with Crippen LogP contribution in [0.5, 0.6) is 5.75 Å². The molecule has 12 N–H and O–H groups in total. The van der Waals surface area contributed by atoms with E-state index in [1.54, 1.807) is 63.2 Å². The van der Waals surface area contributed by atoms with Crippen LogP contribution < -0.4 is 38.1 Å². The van der Waals surface area contributed by atoms with E-state index in [2.05, 4.69) is 36.6 Å². The van der Waals surface area contributed by atoms with Crippen LogP contribution in [0.2, 0.25) is 0 Å². The summed E-state index contributed by atoms with van der Waals surface area (Å²) in [4.78, 5) is 104. The van der Waals surface area contributed by atoms with E-state index in [9.17, 15) is 43.8 Å². The normalized spacial score (nSPS) is 16.8. The number of H-pyrrole nitrogens is 1. The molecule has 0 saturated carbocycles. The molecule has 1 saturated heterocycles. The number of rotatable bonds is 25. The molecule has 0 aliphatic carbocycles. The van der Waals surface area contributed by atoms with Gasteiger partial charge >= 0.3 is 5.97 Å². The van der Waals surface area contributed by atoms with Gasteiger partial charge in [-0.2, -0.15) is 0 Å². The minimum Gasteiger partial charge on any atom is -0.508 e. The van der Waals surface area contributed by atoms with E-state index < -0.39 is 95.5 Å². The molecule has 1 aromatic heterocycles. The van der Waals surface area contributed by atoms with Crippen LogP contribution in [0, 0.1) is 11.8 Å². The first-order chi connectivity index (χ1) is 31.0. The molecule has 1 fully saturated rings. The molecule has 6 amide bonds. The van der Waals surface area contributed by atoms with Gasteiger partial charge in [-0.1, -0.05) is 83.0 Å². The van der Waals surface area contributed by atoms with Crippen molar-refractivity contribution >= 4 is 41.4 Å². The Labute approximate surface area is 379 Å². The number of unbranched alkanes of at least 4 members (excludes halogenated alkanes) is 1. The van der Waals surface area contributed by atoms with Crippen molar-refractivity contribution in [1.29, 1.82) is 0 Å². The average molecular weight is 903 g/mol. The fourth-order valence-electron chi connectivity index (χ4n) is 7.63. The Morgan fingerprint density at radius 3 is 2.03 bits per heavy atom. The highest BCUT2D eigenvalue weighted by atomic mass is 16.4. The maximum atomic E-state index is 14.5. The van der Waals surface area contributed by atoms with Gasteiger partial charge in [-0.05, 0) is 67.3 Å². The second kappa shape index (κ2) is 25.2. The minimum atomic E-state index is -1.27. The van der Waals surface area contributed by atoms with Crippen LogP contribution in [0.25, 0.3) is 0 Å². The van der Waals surface area contributed by atoms with Gasteiger partial charge in [0.2, 0.25) is 35.4 Å². The highest BCUT2D eigenvalue weighted by molar-refractivity contribution is 5.97. The van der Waals surface area contributed by atoms with Crippen LogP contribution in [0.15, 0.2) is 67.1 Å². The Bertz CT molecular complexity index is 2030. The van der Waals surface area contributed by atoms with Crippen molar-refractivity contribution in [2.75, 3.05) is 13.1 Å². The number of carbonyl (C=O) groups is 7. The third-order valence-corrected chi connectivity index (χ3v) is 11.7. The lowest BCUT2D eigenvalue weighted by Crippen LogP contribution is -2.61. The number of hydrogen-bond donors (Lipinski definition) is 10. The molecule has 0 spiro atoms. The van der Waals surface area contributed by atoms with Crippen molar-refractivity contribution in [2.45, 2.75) is 128 Å². The molecule has 8 atom stereocenters. The number of nitrogens with two attached hydrogens (primary N) is 2. The Morgan fingerprint density at radius 2 is 1.42 bits per heavy atom. The number of carbonyl (C=O) groups excluding carboxylic acids is 6. The van der Waals surface area contributed by atoms with Crippen LogP contribution in [-0.2, 0) is 52.8 Å². The molecule has 0 radical (unpaired) electrons. The number of nitrogens with zero attached hydrogens (tertiary/aromatic N) is 2. The summed E-state index contributed by atoms with van der Waals surface area (Å²) < 4.78 is 0. The van der Waals surface area contributed by atoms with Crippen molar-refractivity contribution in [2.24, 2.45) is 23.3 Å². The first kappa shape index (κ1) is 51.3. The van der Waals surface area contributed by atoms with Crippen LogP contribution in [-0.4, -0.2) is 122 Å². The molecule has 19 heteroatoms. The van der Waals surface area contributed by atoms with Gasteiger partial charge in [-0.15, -0.1) is 0 Å². The lowest BCUT2D eigenvalue weighted by molar-refractivity contribution is -0.145. The Morgan fingerprint density at radius 1 is 0.785 bits per heavy atom. The number of imidazole rings is 1. The fourth-order valence-corrected chi connectivity index (χ4v) is 7.63. The van der Waals surface area contributed by atoms with Crippen molar-refractivity contribution in [3.63, 3.8) is 0 Å². The molecule has 3 aromatic rings. The number of phenols is 1. The third kappa shape index (κ3) is 15.4. The average Bonchev–Trinajstić information content (AvgIpc) is 4.00. The van der Waals surface area contributed by atoms with Gasteiger partial charge in [-0.25, -0.2) is 9.78 Å². The summed E-state index contributed by atoms with van der Waals surface area (Å²) in [6.45, 7) is 7.67. The second-order valence-corrected chi connectivity index (χ2v) is 17.0. The molecule has 65 heavy (non-hydrogen) atoms. The zero-order valence-corrected chi connectivity index (χ0v) is 37.6. The number of phenolic OH excluding ortho intramolecular Hbond substituents is 1. The van der Waals surface area contributed by atoms with E-state index in [-0.39, 0.29) is 38.0 Å². The van der Waals surface area contributed by atoms with Gasteiger partial charge in [0.15, 0.2) is 0 Å². The molecule has 1 aliphatic heterocycles. The summed E-state index contributed by atoms with van der Waals surface area (Å²) in [5.41, 5.74) is 13.5. The standard InChI is InChI=1S/C46H66N10O9/c1-5-28(4)39(55-41(59)34(22-30-16-18-32(57)19-17-30)51-43(61)38(27(2)3)54-40(58)33(48)14-9-10-20-47)44(62)52-35(24-31-25-49-26-50-31)45(63)56-21-11-15-37(56)42(60)53-36(46(64)65)23-29-12-7-6-8-13-29/h6-8,12-13,16-19,25-28,33-39,57H,5,9-11,14-15,20-24,47-48H2,1-4H3,(H,49,50)(H,51,61)(H,52,62)(H,53,60)(H,54,58)(H,55,59)(H,64,65)/t28-,33+,34-,35-,36-,37-,38-,39-/m0/s1. The number of hydrogen-bond acceptors (Lipinski definition) is 11. The molecule has 2 aromatic carbocycles. The predicted octanol–water partition coefficient (Wildman–Crippen LogP) is 0.801. The molecule has 354 valence electrons. The minimum absolute atomic E-state index is 0.00898. The lowest BCUT2D eigenvalue weighted by Gasteiger charge is -2.32. The maximum Gasteiger partial charge on any atom is 0.326 e. The number of benzene rings is 2. The number of carboxylic acid groups (broad SMARTS) is 1. The molecular formula is C46H66N10O9. The van der Waals surface area contributed by atoms with E-state index in [4.69, 9.17) is 11.5 Å². The van der Waals surface area contributed by atoms with E-state index >= 15 is 0 Å². The number of aromatic hydroxyl groups is 1. The highest BCUT2D eigenvalue weighted by Gasteiger charge is 2.41. The number of nitrogens with one attached hydrogen (secondary N) is 6. The quantitative estimate of drug-likeness (QED) is 0.0529. The van der Waals surface area contributed by atoms with Crippen molar-refractivity contribution in [3.05, 3.63) is 83.9 Å². The summed E-state index contributed by atoms with van der Waals surface area (Å²) >= 11 is 0. The first-order valence-electron chi connectivity index (χ1n) is 22.3. The van der Waals surface area contributed by atoms with Gasteiger partial charge < -0.3 is 58.1 Å². The number of aromatic amines is 1. The molecular weight excluding hydrogens is 837 g/mol.